The Bertz CT molecular complexity index is 808. The zero-order chi connectivity index (χ0) is 15.6. The van der Waals surface area contributed by atoms with Gasteiger partial charge in [0.25, 0.3) is 15.7 Å². The van der Waals surface area contributed by atoms with E-state index >= 15 is 0 Å². The van der Waals surface area contributed by atoms with Crippen LogP contribution in [-0.2, 0) is 10.0 Å². The fourth-order valence-electron chi connectivity index (χ4n) is 1.75. The van der Waals surface area contributed by atoms with Gasteiger partial charge in [0, 0.05) is 17.8 Å². The molecule has 0 amide bonds. The van der Waals surface area contributed by atoms with Crippen LogP contribution in [0.4, 0.5) is 15.8 Å². The molecule has 2 rings (SSSR count). The van der Waals surface area contributed by atoms with Crippen molar-refractivity contribution in [2.24, 2.45) is 0 Å². The summed E-state index contributed by atoms with van der Waals surface area (Å²) in [6.45, 7) is 1.32. The molecule has 9 heteroatoms. The van der Waals surface area contributed by atoms with E-state index in [1.54, 1.807) is 0 Å². The lowest BCUT2D eigenvalue weighted by Crippen LogP contribution is -2.15. The van der Waals surface area contributed by atoms with Crippen molar-refractivity contribution >= 4 is 21.4 Å². The molecule has 1 N–H and O–H groups in total. The molecule has 0 unspecified atom stereocenters. The minimum Gasteiger partial charge on any atom is -0.277 e. The molecule has 0 radical (unpaired) electrons. The maximum Gasteiger partial charge on any atom is 0.273 e. The summed E-state index contributed by atoms with van der Waals surface area (Å²) in [5.74, 6) is -0.843. The van der Waals surface area contributed by atoms with Gasteiger partial charge >= 0.3 is 0 Å². The highest BCUT2D eigenvalue weighted by Gasteiger charge is 2.23. The lowest BCUT2D eigenvalue weighted by molar-refractivity contribution is -0.385. The average molecular weight is 311 g/mol. The molecule has 110 valence electrons. The van der Waals surface area contributed by atoms with Crippen LogP contribution in [0, 0.1) is 22.9 Å². The Morgan fingerprint density at radius 1 is 1.33 bits per heavy atom. The molecule has 0 aliphatic rings. The van der Waals surface area contributed by atoms with E-state index in [1.165, 1.54) is 31.3 Å². The fraction of sp³-hybridized carbons (Fsp3) is 0.0833. The molecule has 0 aliphatic carbocycles. The van der Waals surface area contributed by atoms with Crippen molar-refractivity contribution in [3.63, 3.8) is 0 Å². The van der Waals surface area contributed by atoms with Crippen LogP contribution in [0.25, 0.3) is 0 Å². The minimum absolute atomic E-state index is 0.0236. The lowest BCUT2D eigenvalue weighted by Gasteiger charge is -2.10. The number of benzene rings is 1. The highest BCUT2D eigenvalue weighted by molar-refractivity contribution is 7.92. The predicted molar refractivity (Wildman–Crippen MR) is 72.8 cm³/mol. The molecule has 0 saturated heterocycles. The first-order valence-corrected chi connectivity index (χ1v) is 7.17. The van der Waals surface area contributed by atoms with Gasteiger partial charge in [0.2, 0.25) is 0 Å². The largest absolute Gasteiger partial charge is 0.277 e. The van der Waals surface area contributed by atoms with E-state index in [9.17, 15) is 22.9 Å². The summed E-state index contributed by atoms with van der Waals surface area (Å²) < 4.78 is 39.9. The van der Waals surface area contributed by atoms with Crippen molar-refractivity contribution in [1.29, 1.82) is 0 Å². The van der Waals surface area contributed by atoms with E-state index in [0.717, 1.165) is 12.3 Å². The first kappa shape index (κ1) is 14.9. The van der Waals surface area contributed by atoms with Gasteiger partial charge in [-0.3, -0.25) is 19.8 Å². The Morgan fingerprint density at radius 2 is 2.05 bits per heavy atom. The number of aromatic nitrogens is 1. The summed E-state index contributed by atoms with van der Waals surface area (Å²) in [6.07, 6.45) is 2.08. The van der Waals surface area contributed by atoms with Gasteiger partial charge < -0.3 is 0 Å². The molecule has 1 heterocycles. The summed E-state index contributed by atoms with van der Waals surface area (Å²) in [5.41, 5.74) is -0.631. The zero-order valence-electron chi connectivity index (χ0n) is 10.8. The van der Waals surface area contributed by atoms with E-state index in [-0.39, 0.29) is 21.8 Å². The third kappa shape index (κ3) is 2.97. The van der Waals surface area contributed by atoms with E-state index in [1.807, 2.05) is 4.72 Å². The molecule has 7 nitrogen and oxygen atoms in total. The van der Waals surface area contributed by atoms with Crippen LogP contribution in [0.3, 0.4) is 0 Å². The molecule has 0 fully saturated rings. The number of nitro benzene ring substituents is 1. The van der Waals surface area contributed by atoms with Crippen molar-refractivity contribution in [2.75, 3.05) is 4.72 Å². The number of nitro groups is 1. The Hall–Kier alpha value is -2.55. The van der Waals surface area contributed by atoms with Crippen molar-refractivity contribution < 1.29 is 17.7 Å². The normalized spacial score (nSPS) is 11.1. The summed E-state index contributed by atoms with van der Waals surface area (Å²) in [5, 5.41) is 10.8. The van der Waals surface area contributed by atoms with Crippen LogP contribution in [0.2, 0.25) is 0 Å². The highest BCUT2D eigenvalue weighted by Crippen LogP contribution is 2.26. The number of nitrogens with zero attached hydrogens (tertiary/aromatic N) is 2. The standard InChI is InChI=1S/C12H10FN3O4S/c1-8-11(16(17)18)3-2-4-12(8)21(19,20)15-10-5-6-14-7-9(10)13/h2-7H,1H3,(H,14,15). The number of sulfonamides is 1. The number of rotatable bonds is 4. The maximum absolute atomic E-state index is 13.4. The predicted octanol–water partition coefficient (Wildman–Crippen LogP) is 2.24. The van der Waals surface area contributed by atoms with Crippen LogP contribution in [0.5, 0.6) is 0 Å². The van der Waals surface area contributed by atoms with E-state index < -0.39 is 20.8 Å². The second-order valence-electron chi connectivity index (χ2n) is 4.12. The van der Waals surface area contributed by atoms with Crippen molar-refractivity contribution in [3.05, 3.63) is 58.2 Å². The molecule has 0 atom stereocenters. The zero-order valence-corrected chi connectivity index (χ0v) is 11.6. The maximum atomic E-state index is 13.4. The number of halogens is 1. The van der Waals surface area contributed by atoms with Gasteiger partial charge in [0.1, 0.15) is 0 Å². The van der Waals surface area contributed by atoms with Crippen LogP contribution in [-0.4, -0.2) is 18.3 Å². The van der Waals surface area contributed by atoms with E-state index in [4.69, 9.17) is 0 Å². The smallest absolute Gasteiger partial charge is 0.273 e. The lowest BCUT2D eigenvalue weighted by atomic mass is 10.2. The summed E-state index contributed by atoms with van der Waals surface area (Å²) in [4.78, 5) is 13.4. The summed E-state index contributed by atoms with van der Waals surface area (Å²) in [7, 11) is -4.14. The van der Waals surface area contributed by atoms with Gasteiger partial charge in [-0.15, -0.1) is 0 Å². The van der Waals surface area contributed by atoms with Crippen molar-refractivity contribution in [1.82, 2.24) is 4.98 Å². The molecule has 2 aromatic rings. The van der Waals surface area contributed by atoms with Gasteiger partial charge in [-0.25, -0.2) is 12.8 Å². The molecule has 21 heavy (non-hydrogen) atoms. The van der Waals surface area contributed by atoms with E-state index in [2.05, 4.69) is 4.98 Å². The van der Waals surface area contributed by atoms with Crippen LogP contribution in [0.1, 0.15) is 5.56 Å². The monoisotopic (exact) mass is 311 g/mol. The third-order valence-corrected chi connectivity index (χ3v) is 4.27. The third-order valence-electron chi connectivity index (χ3n) is 2.76. The Labute approximate surface area is 119 Å². The molecule has 0 spiro atoms. The molecule has 1 aromatic carbocycles. The Balaban J connectivity index is 2.48. The second-order valence-corrected chi connectivity index (χ2v) is 5.77. The fourth-order valence-corrected chi connectivity index (χ4v) is 3.08. The van der Waals surface area contributed by atoms with Gasteiger partial charge in [0.05, 0.1) is 21.7 Å². The first-order valence-electron chi connectivity index (χ1n) is 5.69. The summed E-state index contributed by atoms with van der Waals surface area (Å²) in [6, 6.07) is 4.81. The summed E-state index contributed by atoms with van der Waals surface area (Å²) >= 11 is 0. The molecule has 1 aromatic heterocycles. The Kier molecular flexibility index (Phi) is 3.85. The molecule has 0 saturated carbocycles. The minimum atomic E-state index is -4.14. The van der Waals surface area contributed by atoms with Crippen LogP contribution in [0.15, 0.2) is 41.6 Å². The van der Waals surface area contributed by atoms with E-state index in [0.29, 0.717) is 0 Å². The number of anilines is 1. The van der Waals surface area contributed by atoms with Gasteiger partial charge in [-0.1, -0.05) is 6.07 Å². The van der Waals surface area contributed by atoms with Gasteiger partial charge in [0.15, 0.2) is 5.82 Å². The molecule has 0 aliphatic heterocycles. The topological polar surface area (TPSA) is 102 Å². The van der Waals surface area contributed by atoms with Crippen molar-refractivity contribution in [3.8, 4) is 0 Å². The average Bonchev–Trinajstić information content (AvgIpc) is 2.41. The van der Waals surface area contributed by atoms with Crippen molar-refractivity contribution in [2.45, 2.75) is 11.8 Å². The van der Waals surface area contributed by atoms with Gasteiger partial charge in [-0.2, -0.15) is 0 Å². The highest BCUT2D eigenvalue weighted by atomic mass is 32.2. The second kappa shape index (κ2) is 5.44. The quantitative estimate of drug-likeness (QED) is 0.689. The number of nitrogens with one attached hydrogen (secondary N) is 1. The molecular formula is C12H10FN3O4S. The van der Waals surface area contributed by atoms with Crippen LogP contribution >= 0.6 is 0 Å². The SMILES string of the molecule is Cc1c([N+](=O)[O-])cccc1S(=O)(=O)Nc1ccncc1F. The Morgan fingerprint density at radius 3 is 2.67 bits per heavy atom. The number of hydrogen-bond donors (Lipinski definition) is 1. The first-order chi connectivity index (χ1) is 9.83. The molecular weight excluding hydrogens is 301 g/mol. The van der Waals surface area contributed by atoms with Gasteiger partial charge in [-0.05, 0) is 19.1 Å². The number of pyridine rings is 1. The van der Waals surface area contributed by atoms with Crippen LogP contribution < -0.4 is 4.72 Å². The molecule has 0 bridgehead atoms. The number of hydrogen-bond acceptors (Lipinski definition) is 5.